The molecule has 26 heavy (non-hydrogen) atoms. The zero-order chi connectivity index (χ0) is 18.9. The Bertz CT molecular complexity index is 1050. The van der Waals surface area contributed by atoms with Gasteiger partial charge in [0.25, 0.3) is 10.0 Å². The maximum Gasteiger partial charge on any atom is 0.264 e. The van der Waals surface area contributed by atoms with Gasteiger partial charge in [-0.25, -0.2) is 13.1 Å². The van der Waals surface area contributed by atoms with E-state index in [1.165, 1.54) is 30.3 Å². The second kappa shape index (κ2) is 6.57. The number of allylic oxidation sites excluding steroid dienone is 2. The molecule has 0 saturated carbocycles. The molecule has 2 aromatic rings. The summed E-state index contributed by atoms with van der Waals surface area (Å²) in [5.74, 6) is -1.30. The van der Waals surface area contributed by atoms with E-state index >= 15 is 0 Å². The van der Waals surface area contributed by atoms with Crippen LogP contribution in [0.2, 0.25) is 0 Å². The number of carbonyl (C=O) groups excluding carboxylic acids is 3. The van der Waals surface area contributed by atoms with Crippen molar-refractivity contribution in [2.45, 2.75) is 11.8 Å². The average Bonchev–Trinajstić information content (AvgIpc) is 2.59. The number of carbonyl (C=O) groups is 3. The number of anilines is 1. The maximum atomic E-state index is 12.5. The molecule has 0 aromatic heterocycles. The molecular formula is C18H14N2O5S. The Morgan fingerprint density at radius 1 is 0.923 bits per heavy atom. The van der Waals surface area contributed by atoms with Gasteiger partial charge in [0, 0.05) is 29.8 Å². The summed E-state index contributed by atoms with van der Waals surface area (Å²) in [6.45, 7) is 1.10. The third-order valence-corrected chi connectivity index (χ3v) is 5.13. The van der Waals surface area contributed by atoms with Gasteiger partial charge >= 0.3 is 0 Å². The molecule has 0 unspecified atom stereocenters. The Balaban J connectivity index is 1.83. The summed E-state index contributed by atoms with van der Waals surface area (Å²) in [5, 5.41) is 2.83. The first-order chi connectivity index (χ1) is 12.3. The lowest BCUT2D eigenvalue weighted by Crippen LogP contribution is -2.28. The van der Waals surface area contributed by atoms with Crippen molar-refractivity contribution in [1.29, 1.82) is 0 Å². The van der Waals surface area contributed by atoms with Gasteiger partial charge in [0.1, 0.15) is 0 Å². The number of Topliss-reactive ketones (excluding diaryl/α,β-unsaturated/α-hetero) is 1. The molecule has 8 heteroatoms. The van der Waals surface area contributed by atoms with Crippen molar-refractivity contribution in [3.63, 3.8) is 0 Å². The van der Waals surface area contributed by atoms with Crippen LogP contribution in [-0.2, 0) is 14.8 Å². The van der Waals surface area contributed by atoms with Crippen LogP contribution in [0.4, 0.5) is 5.69 Å². The molecule has 0 fully saturated rings. The minimum Gasteiger partial charge on any atom is -0.352 e. The van der Waals surface area contributed by atoms with Gasteiger partial charge in [-0.2, -0.15) is 0 Å². The highest BCUT2D eigenvalue weighted by atomic mass is 32.2. The number of amides is 1. The predicted octanol–water partition coefficient (Wildman–Crippen LogP) is 1.89. The van der Waals surface area contributed by atoms with Crippen LogP contribution < -0.4 is 10.0 Å². The molecular weight excluding hydrogens is 356 g/mol. The van der Waals surface area contributed by atoms with Crippen LogP contribution in [-0.4, -0.2) is 25.9 Å². The standard InChI is InChI=1S/C18H14N2O5S/c1-11(21)20-26(24,25)13-8-6-12(7-9-13)19-16-10-17(22)14-4-2-3-5-15(14)18(16)23/h2-10,19H,1H3,(H,20,21). The van der Waals surface area contributed by atoms with Crippen LogP contribution in [0.25, 0.3) is 0 Å². The highest BCUT2D eigenvalue weighted by Gasteiger charge is 2.25. The summed E-state index contributed by atoms with van der Waals surface area (Å²) in [6, 6.07) is 12.0. The number of benzene rings is 2. The lowest BCUT2D eigenvalue weighted by molar-refractivity contribution is -0.117. The van der Waals surface area contributed by atoms with Crippen molar-refractivity contribution < 1.29 is 22.8 Å². The fraction of sp³-hybridized carbons (Fsp3) is 0.0556. The van der Waals surface area contributed by atoms with E-state index in [1.54, 1.807) is 24.3 Å². The number of fused-ring (bicyclic) bond motifs is 1. The Morgan fingerprint density at radius 2 is 1.54 bits per heavy atom. The van der Waals surface area contributed by atoms with Crippen LogP contribution in [0.15, 0.2) is 65.2 Å². The minimum atomic E-state index is -3.93. The summed E-state index contributed by atoms with van der Waals surface area (Å²) in [7, 11) is -3.93. The molecule has 1 aliphatic rings. The zero-order valence-electron chi connectivity index (χ0n) is 13.6. The average molecular weight is 370 g/mol. The molecule has 0 radical (unpaired) electrons. The normalized spacial score (nSPS) is 13.7. The lowest BCUT2D eigenvalue weighted by atomic mass is 9.92. The van der Waals surface area contributed by atoms with Gasteiger partial charge in [-0.1, -0.05) is 24.3 Å². The zero-order valence-corrected chi connectivity index (χ0v) is 14.5. The molecule has 2 aromatic carbocycles. The molecule has 0 aliphatic heterocycles. The van der Waals surface area contributed by atoms with Crippen molar-refractivity contribution in [3.05, 3.63) is 71.4 Å². The monoisotopic (exact) mass is 370 g/mol. The molecule has 1 amide bonds. The van der Waals surface area contributed by atoms with E-state index in [1.807, 2.05) is 4.72 Å². The molecule has 0 saturated heterocycles. The second-order valence-electron chi connectivity index (χ2n) is 5.61. The van der Waals surface area contributed by atoms with Crippen molar-refractivity contribution in [2.75, 3.05) is 5.32 Å². The Kier molecular flexibility index (Phi) is 4.43. The van der Waals surface area contributed by atoms with Crippen LogP contribution in [0.3, 0.4) is 0 Å². The number of hydrogen-bond acceptors (Lipinski definition) is 6. The van der Waals surface area contributed by atoms with E-state index < -0.39 is 15.9 Å². The quantitative estimate of drug-likeness (QED) is 0.851. The van der Waals surface area contributed by atoms with Crippen molar-refractivity contribution in [2.24, 2.45) is 0 Å². The van der Waals surface area contributed by atoms with E-state index in [9.17, 15) is 22.8 Å². The highest BCUT2D eigenvalue weighted by molar-refractivity contribution is 7.90. The first-order valence-electron chi connectivity index (χ1n) is 7.58. The number of rotatable bonds is 4. The van der Waals surface area contributed by atoms with Crippen LogP contribution in [0, 0.1) is 0 Å². The van der Waals surface area contributed by atoms with Crippen LogP contribution in [0.1, 0.15) is 27.6 Å². The number of hydrogen-bond donors (Lipinski definition) is 2. The van der Waals surface area contributed by atoms with Gasteiger partial charge < -0.3 is 5.32 Å². The van der Waals surface area contributed by atoms with Gasteiger partial charge in [-0.3, -0.25) is 14.4 Å². The molecule has 3 rings (SSSR count). The molecule has 1 aliphatic carbocycles. The van der Waals surface area contributed by atoms with E-state index in [0.717, 1.165) is 6.92 Å². The molecule has 0 spiro atoms. The number of sulfonamides is 1. The summed E-state index contributed by atoms with van der Waals surface area (Å²) < 4.78 is 25.7. The van der Waals surface area contributed by atoms with Crippen LogP contribution >= 0.6 is 0 Å². The Labute approximate surface area is 149 Å². The highest BCUT2D eigenvalue weighted by Crippen LogP contribution is 2.23. The summed E-state index contributed by atoms with van der Waals surface area (Å²) >= 11 is 0. The van der Waals surface area contributed by atoms with E-state index in [4.69, 9.17) is 0 Å². The van der Waals surface area contributed by atoms with E-state index in [-0.39, 0.29) is 22.2 Å². The van der Waals surface area contributed by atoms with Crippen LogP contribution in [0.5, 0.6) is 0 Å². The molecule has 2 N–H and O–H groups in total. The fourth-order valence-electron chi connectivity index (χ4n) is 2.53. The smallest absolute Gasteiger partial charge is 0.264 e. The van der Waals surface area contributed by atoms with Gasteiger partial charge in [0.05, 0.1) is 10.6 Å². The van der Waals surface area contributed by atoms with Gasteiger partial charge in [0.2, 0.25) is 11.7 Å². The second-order valence-corrected chi connectivity index (χ2v) is 7.29. The lowest BCUT2D eigenvalue weighted by Gasteiger charge is -2.16. The molecule has 0 bridgehead atoms. The largest absolute Gasteiger partial charge is 0.352 e. The first kappa shape index (κ1) is 17.6. The topological polar surface area (TPSA) is 109 Å². The van der Waals surface area contributed by atoms with Gasteiger partial charge in [-0.05, 0) is 24.3 Å². The van der Waals surface area contributed by atoms with Crippen molar-refractivity contribution >= 4 is 33.2 Å². The Hall–Kier alpha value is -3.26. The molecule has 0 atom stereocenters. The van der Waals surface area contributed by atoms with Gasteiger partial charge in [-0.15, -0.1) is 0 Å². The third kappa shape index (κ3) is 3.40. The fourth-order valence-corrected chi connectivity index (χ4v) is 3.52. The molecule has 132 valence electrons. The molecule has 7 nitrogen and oxygen atoms in total. The number of nitrogens with one attached hydrogen (secondary N) is 2. The third-order valence-electron chi connectivity index (χ3n) is 3.68. The predicted molar refractivity (Wildman–Crippen MR) is 94.3 cm³/mol. The van der Waals surface area contributed by atoms with Gasteiger partial charge in [0.15, 0.2) is 5.78 Å². The summed E-state index contributed by atoms with van der Waals surface area (Å²) in [5.41, 5.74) is 1.19. The molecule has 0 heterocycles. The van der Waals surface area contributed by atoms with Crippen molar-refractivity contribution in [3.8, 4) is 0 Å². The van der Waals surface area contributed by atoms with E-state index in [0.29, 0.717) is 16.8 Å². The summed E-state index contributed by atoms with van der Waals surface area (Å²) in [4.78, 5) is 35.5. The minimum absolute atomic E-state index is 0.0939. The Morgan fingerprint density at radius 3 is 2.15 bits per heavy atom. The first-order valence-corrected chi connectivity index (χ1v) is 9.06. The SMILES string of the molecule is CC(=O)NS(=O)(=O)c1ccc(NC2=CC(=O)c3ccccc3C2=O)cc1. The number of ketones is 2. The summed E-state index contributed by atoms with van der Waals surface area (Å²) in [6.07, 6.45) is 1.21. The van der Waals surface area contributed by atoms with E-state index in [2.05, 4.69) is 5.32 Å². The maximum absolute atomic E-state index is 12.5. The van der Waals surface area contributed by atoms with Crippen molar-refractivity contribution in [1.82, 2.24) is 4.72 Å².